The van der Waals surface area contributed by atoms with Crippen LogP contribution >= 0.6 is 24.0 Å². The first-order valence-electron chi connectivity index (χ1n) is 7.23. The molecule has 0 radical (unpaired) electrons. The van der Waals surface area contributed by atoms with Gasteiger partial charge in [-0.1, -0.05) is 12.2 Å². The number of carbonyl (C=O) groups is 1. The van der Waals surface area contributed by atoms with Crippen molar-refractivity contribution in [2.45, 2.75) is 32.2 Å². The van der Waals surface area contributed by atoms with Crippen molar-refractivity contribution in [3.8, 4) is 6.07 Å². The summed E-state index contributed by atoms with van der Waals surface area (Å²) in [5.74, 6) is 0.515. The molecule has 2 atom stereocenters. The molecule has 1 saturated carbocycles. The van der Waals surface area contributed by atoms with E-state index in [1.165, 1.54) is 4.90 Å². The van der Waals surface area contributed by atoms with Gasteiger partial charge >= 0.3 is 0 Å². The van der Waals surface area contributed by atoms with E-state index in [1.807, 2.05) is 6.92 Å². The van der Waals surface area contributed by atoms with E-state index in [4.69, 9.17) is 5.26 Å². The molecule has 0 saturated heterocycles. The summed E-state index contributed by atoms with van der Waals surface area (Å²) in [5, 5.41) is 15.5. The number of aliphatic imine (C=N–C) groups is 1. The monoisotopic (exact) mass is 419 g/mol. The average Bonchev–Trinajstić information content (AvgIpc) is 2.88. The molecule has 124 valence electrons. The van der Waals surface area contributed by atoms with Crippen LogP contribution in [0.3, 0.4) is 0 Å². The van der Waals surface area contributed by atoms with Gasteiger partial charge < -0.3 is 15.5 Å². The highest BCUT2D eigenvalue weighted by atomic mass is 127. The van der Waals surface area contributed by atoms with Crippen LogP contribution in [0.25, 0.3) is 0 Å². The molecule has 1 amide bonds. The Morgan fingerprint density at radius 2 is 2.14 bits per heavy atom. The van der Waals surface area contributed by atoms with E-state index in [2.05, 4.69) is 28.3 Å². The second kappa shape index (κ2) is 10.4. The van der Waals surface area contributed by atoms with Crippen molar-refractivity contribution in [3.05, 3.63) is 12.2 Å². The first-order valence-corrected chi connectivity index (χ1v) is 7.23. The summed E-state index contributed by atoms with van der Waals surface area (Å²) in [6, 6.07) is 2.43. The molecule has 1 rings (SSSR count). The number of rotatable bonds is 5. The second-order valence-electron chi connectivity index (χ2n) is 5.68. The van der Waals surface area contributed by atoms with E-state index in [-0.39, 0.29) is 48.4 Å². The van der Waals surface area contributed by atoms with E-state index in [0.717, 1.165) is 24.8 Å². The smallest absolute Gasteiger partial charge is 0.243 e. The van der Waals surface area contributed by atoms with Crippen molar-refractivity contribution in [1.29, 1.82) is 5.26 Å². The predicted molar refractivity (Wildman–Crippen MR) is 99.1 cm³/mol. The van der Waals surface area contributed by atoms with E-state index >= 15 is 0 Å². The van der Waals surface area contributed by atoms with Gasteiger partial charge in [-0.3, -0.25) is 4.79 Å². The van der Waals surface area contributed by atoms with Gasteiger partial charge in [-0.2, -0.15) is 5.26 Å². The number of hydrogen-bond acceptors (Lipinski definition) is 3. The fourth-order valence-corrected chi connectivity index (χ4v) is 2.14. The molecule has 0 spiro atoms. The summed E-state index contributed by atoms with van der Waals surface area (Å²) in [5.41, 5.74) is 0.978. The Morgan fingerprint density at radius 3 is 2.68 bits per heavy atom. The van der Waals surface area contributed by atoms with Crippen molar-refractivity contribution in [2.24, 2.45) is 10.9 Å². The van der Waals surface area contributed by atoms with E-state index in [1.54, 1.807) is 14.1 Å². The van der Waals surface area contributed by atoms with Gasteiger partial charge in [-0.25, -0.2) is 4.99 Å². The third kappa shape index (κ3) is 7.11. The molecule has 1 fully saturated rings. The summed E-state index contributed by atoms with van der Waals surface area (Å²) in [7, 11) is 3.41. The maximum atomic E-state index is 11.6. The number of carbonyl (C=O) groups excluding carboxylic acids is 1. The maximum Gasteiger partial charge on any atom is 0.243 e. The van der Waals surface area contributed by atoms with Crippen molar-refractivity contribution in [1.82, 2.24) is 15.5 Å². The second-order valence-corrected chi connectivity index (χ2v) is 5.68. The fourth-order valence-electron chi connectivity index (χ4n) is 2.14. The van der Waals surface area contributed by atoms with E-state index in [9.17, 15) is 4.79 Å². The number of likely N-dealkylation sites (N-methyl/N-ethyl adjacent to an activating group) is 1. The quantitative estimate of drug-likeness (QED) is 0.306. The Morgan fingerprint density at radius 1 is 1.45 bits per heavy atom. The van der Waals surface area contributed by atoms with Gasteiger partial charge in [0.05, 0.1) is 12.0 Å². The molecule has 0 bridgehead atoms. The number of nitrogens with zero attached hydrogens (tertiary/aromatic N) is 3. The SMILES string of the molecule is C=C(C)CNC(=NCC(=O)N(C)C)NC1CCCC1C#N.I. The van der Waals surface area contributed by atoms with Crippen LogP contribution < -0.4 is 10.6 Å². The summed E-state index contributed by atoms with van der Waals surface area (Å²) in [4.78, 5) is 17.4. The van der Waals surface area contributed by atoms with E-state index < -0.39 is 0 Å². The minimum Gasteiger partial charge on any atom is -0.353 e. The summed E-state index contributed by atoms with van der Waals surface area (Å²) < 4.78 is 0. The molecule has 0 heterocycles. The molecular weight excluding hydrogens is 393 g/mol. The fraction of sp³-hybridized carbons (Fsp3) is 0.667. The zero-order valence-corrected chi connectivity index (χ0v) is 15.9. The molecule has 7 heteroatoms. The number of guanidine groups is 1. The topological polar surface area (TPSA) is 80.5 Å². The van der Waals surface area contributed by atoms with Crippen LogP contribution in [0.15, 0.2) is 17.1 Å². The molecule has 1 aliphatic carbocycles. The van der Waals surface area contributed by atoms with Gasteiger partial charge in [0.25, 0.3) is 0 Å². The van der Waals surface area contributed by atoms with Gasteiger partial charge in [0.15, 0.2) is 5.96 Å². The Balaban J connectivity index is 0.00000441. The van der Waals surface area contributed by atoms with Crippen molar-refractivity contribution >= 4 is 35.8 Å². The van der Waals surface area contributed by atoms with Crippen molar-refractivity contribution in [3.63, 3.8) is 0 Å². The standard InChI is InChI=1S/C15H25N5O.HI/c1-11(2)9-17-15(18-10-14(21)20(3)4)19-13-7-5-6-12(13)8-16;/h12-13H,1,5-7,9-10H2,2-4H3,(H2,17,18,19);1H. The summed E-state index contributed by atoms with van der Waals surface area (Å²) >= 11 is 0. The predicted octanol–water partition coefficient (Wildman–Crippen LogP) is 1.50. The maximum absolute atomic E-state index is 11.6. The zero-order chi connectivity index (χ0) is 15.8. The molecule has 0 aromatic heterocycles. The minimum atomic E-state index is -0.0605. The van der Waals surface area contributed by atoms with Crippen LogP contribution in [0, 0.1) is 17.2 Å². The van der Waals surface area contributed by atoms with Crippen LogP contribution in [0.2, 0.25) is 0 Å². The highest BCUT2D eigenvalue weighted by Gasteiger charge is 2.27. The Hall–Kier alpha value is -1.30. The Labute approximate surface area is 150 Å². The number of nitriles is 1. The minimum absolute atomic E-state index is 0. The van der Waals surface area contributed by atoms with Crippen LogP contribution in [-0.4, -0.2) is 50.0 Å². The lowest BCUT2D eigenvalue weighted by Gasteiger charge is -2.20. The third-order valence-corrected chi connectivity index (χ3v) is 3.43. The molecular formula is C15H26IN5O. The van der Waals surface area contributed by atoms with Gasteiger partial charge in [0.1, 0.15) is 6.54 Å². The molecule has 1 aliphatic rings. The molecule has 22 heavy (non-hydrogen) atoms. The van der Waals surface area contributed by atoms with Crippen LogP contribution in [-0.2, 0) is 4.79 Å². The largest absolute Gasteiger partial charge is 0.353 e. The van der Waals surface area contributed by atoms with Crippen LogP contribution in [0.1, 0.15) is 26.2 Å². The lowest BCUT2D eigenvalue weighted by atomic mass is 10.1. The number of halogens is 1. The Kier molecular flexibility index (Phi) is 9.81. The van der Waals surface area contributed by atoms with Crippen molar-refractivity contribution < 1.29 is 4.79 Å². The molecule has 0 aromatic rings. The normalized spacial score (nSPS) is 20.5. The summed E-state index contributed by atoms with van der Waals surface area (Å²) in [6.45, 7) is 6.44. The van der Waals surface area contributed by atoms with Gasteiger partial charge in [0.2, 0.25) is 5.91 Å². The zero-order valence-electron chi connectivity index (χ0n) is 13.6. The molecule has 6 nitrogen and oxygen atoms in total. The van der Waals surface area contributed by atoms with Gasteiger partial charge in [-0.15, -0.1) is 24.0 Å². The number of nitrogens with one attached hydrogen (secondary N) is 2. The van der Waals surface area contributed by atoms with E-state index in [0.29, 0.717) is 12.5 Å². The summed E-state index contributed by atoms with van der Waals surface area (Å²) in [6.07, 6.45) is 2.91. The van der Waals surface area contributed by atoms with Crippen LogP contribution in [0.5, 0.6) is 0 Å². The van der Waals surface area contributed by atoms with Gasteiger partial charge in [-0.05, 0) is 26.2 Å². The lowest BCUT2D eigenvalue weighted by molar-refractivity contribution is -0.127. The lowest BCUT2D eigenvalue weighted by Crippen LogP contribution is -2.45. The first kappa shape index (κ1) is 20.7. The molecule has 2 N–H and O–H groups in total. The highest BCUT2D eigenvalue weighted by molar-refractivity contribution is 14.0. The molecule has 0 aromatic carbocycles. The molecule has 2 unspecified atom stereocenters. The van der Waals surface area contributed by atoms with Crippen molar-refractivity contribution in [2.75, 3.05) is 27.2 Å². The molecule has 0 aliphatic heterocycles. The Bertz CT molecular complexity index is 455. The third-order valence-electron chi connectivity index (χ3n) is 3.43. The van der Waals surface area contributed by atoms with Gasteiger partial charge in [0, 0.05) is 26.7 Å². The number of amides is 1. The number of hydrogen-bond donors (Lipinski definition) is 2. The average molecular weight is 419 g/mol. The highest BCUT2D eigenvalue weighted by Crippen LogP contribution is 2.24. The van der Waals surface area contributed by atoms with Crippen LogP contribution in [0.4, 0.5) is 0 Å². The first-order chi connectivity index (χ1) is 9.93.